The second-order valence-corrected chi connectivity index (χ2v) is 6.56. The third-order valence-electron chi connectivity index (χ3n) is 3.84. The van der Waals surface area contributed by atoms with Crippen molar-refractivity contribution >= 4 is 21.8 Å². The van der Waals surface area contributed by atoms with Crippen LogP contribution in [0.1, 0.15) is 15.9 Å². The van der Waals surface area contributed by atoms with Gasteiger partial charge in [0.25, 0.3) is 5.91 Å². The Bertz CT molecular complexity index is 672. The third-order valence-corrected chi connectivity index (χ3v) is 4.33. The van der Waals surface area contributed by atoms with E-state index in [-0.39, 0.29) is 5.91 Å². The number of ether oxygens (including phenoxy) is 1. The minimum absolute atomic E-state index is 0.0961. The Morgan fingerprint density at radius 3 is 2.70 bits per heavy atom. The second kappa shape index (κ2) is 7.62. The van der Waals surface area contributed by atoms with E-state index < -0.39 is 0 Å². The van der Waals surface area contributed by atoms with E-state index in [9.17, 15) is 4.79 Å². The predicted octanol–water partition coefficient (Wildman–Crippen LogP) is 2.98. The standard InChI is InChI=1S/C18H19BrN2O2/c19-15-6-7-17(23-12-13-4-2-1-3-5-13)16(8-15)18(22)21-11-14-9-20-10-14/h1-8,14,20H,9-12H2,(H,21,22). The lowest BCUT2D eigenvalue weighted by molar-refractivity contribution is 0.0937. The van der Waals surface area contributed by atoms with Gasteiger partial charge >= 0.3 is 0 Å². The van der Waals surface area contributed by atoms with Crippen LogP contribution in [0.3, 0.4) is 0 Å². The average molecular weight is 375 g/mol. The number of halogens is 1. The van der Waals surface area contributed by atoms with Gasteiger partial charge < -0.3 is 15.4 Å². The van der Waals surface area contributed by atoms with Crippen LogP contribution in [0, 0.1) is 5.92 Å². The molecule has 0 aliphatic carbocycles. The monoisotopic (exact) mass is 374 g/mol. The molecule has 1 aliphatic heterocycles. The van der Waals surface area contributed by atoms with Gasteiger partial charge in [0, 0.05) is 30.0 Å². The largest absolute Gasteiger partial charge is 0.488 e. The molecule has 120 valence electrons. The highest BCUT2D eigenvalue weighted by Crippen LogP contribution is 2.24. The molecule has 2 aromatic rings. The van der Waals surface area contributed by atoms with Crippen LogP contribution in [0.2, 0.25) is 0 Å². The fourth-order valence-corrected chi connectivity index (χ4v) is 2.73. The van der Waals surface area contributed by atoms with Gasteiger partial charge in [-0.15, -0.1) is 0 Å². The van der Waals surface area contributed by atoms with Crippen LogP contribution < -0.4 is 15.4 Å². The summed E-state index contributed by atoms with van der Waals surface area (Å²) in [6.45, 7) is 3.07. The van der Waals surface area contributed by atoms with E-state index >= 15 is 0 Å². The molecule has 23 heavy (non-hydrogen) atoms. The van der Waals surface area contributed by atoms with Crippen molar-refractivity contribution in [1.82, 2.24) is 10.6 Å². The summed E-state index contributed by atoms with van der Waals surface area (Å²) in [4.78, 5) is 12.4. The minimum Gasteiger partial charge on any atom is -0.488 e. The molecule has 4 nitrogen and oxygen atoms in total. The number of nitrogens with one attached hydrogen (secondary N) is 2. The van der Waals surface area contributed by atoms with E-state index in [0.29, 0.717) is 30.4 Å². The number of carbonyl (C=O) groups is 1. The Hall–Kier alpha value is -1.85. The molecule has 1 fully saturated rings. The fraction of sp³-hybridized carbons (Fsp3) is 0.278. The first-order valence-corrected chi connectivity index (χ1v) is 8.47. The lowest BCUT2D eigenvalue weighted by Crippen LogP contribution is -2.48. The van der Waals surface area contributed by atoms with Crippen molar-refractivity contribution in [2.75, 3.05) is 19.6 Å². The number of carbonyl (C=O) groups excluding carboxylic acids is 1. The topological polar surface area (TPSA) is 50.4 Å². The molecule has 0 bridgehead atoms. The van der Waals surface area contributed by atoms with Crippen LogP contribution in [-0.2, 0) is 6.61 Å². The van der Waals surface area contributed by atoms with E-state index in [4.69, 9.17) is 4.74 Å². The highest BCUT2D eigenvalue weighted by atomic mass is 79.9. The van der Waals surface area contributed by atoms with Crippen LogP contribution in [0.4, 0.5) is 0 Å². The van der Waals surface area contributed by atoms with E-state index in [2.05, 4.69) is 26.6 Å². The quantitative estimate of drug-likeness (QED) is 0.816. The van der Waals surface area contributed by atoms with Crippen molar-refractivity contribution in [3.63, 3.8) is 0 Å². The minimum atomic E-state index is -0.0961. The Morgan fingerprint density at radius 1 is 1.22 bits per heavy atom. The molecule has 0 radical (unpaired) electrons. The van der Waals surface area contributed by atoms with Gasteiger partial charge in [-0.2, -0.15) is 0 Å². The first-order chi connectivity index (χ1) is 11.2. The van der Waals surface area contributed by atoms with E-state index in [0.717, 1.165) is 23.1 Å². The summed E-state index contributed by atoms with van der Waals surface area (Å²) in [5.41, 5.74) is 1.63. The predicted molar refractivity (Wildman–Crippen MR) is 93.6 cm³/mol. The zero-order chi connectivity index (χ0) is 16.1. The smallest absolute Gasteiger partial charge is 0.255 e. The van der Waals surface area contributed by atoms with E-state index in [1.165, 1.54) is 0 Å². The van der Waals surface area contributed by atoms with E-state index in [1.54, 1.807) is 6.07 Å². The molecule has 1 heterocycles. The highest BCUT2D eigenvalue weighted by Gasteiger charge is 2.19. The molecule has 2 aromatic carbocycles. The van der Waals surface area contributed by atoms with E-state index in [1.807, 2.05) is 42.5 Å². The Morgan fingerprint density at radius 2 is 2.00 bits per heavy atom. The van der Waals surface area contributed by atoms with Crippen molar-refractivity contribution in [3.8, 4) is 5.75 Å². The average Bonchev–Trinajstić information content (AvgIpc) is 2.53. The number of hydrogen-bond acceptors (Lipinski definition) is 3. The molecular formula is C18H19BrN2O2. The van der Waals surface area contributed by atoms with Crippen LogP contribution in [-0.4, -0.2) is 25.5 Å². The summed E-state index contributed by atoms with van der Waals surface area (Å²) in [6.07, 6.45) is 0. The molecule has 5 heteroatoms. The van der Waals surface area contributed by atoms with Gasteiger partial charge in [-0.25, -0.2) is 0 Å². The van der Waals surface area contributed by atoms with Gasteiger partial charge in [0.2, 0.25) is 0 Å². The van der Waals surface area contributed by atoms with Gasteiger partial charge in [0.05, 0.1) is 5.56 Å². The zero-order valence-corrected chi connectivity index (χ0v) is 14.3. The van der Waals surface area contributed by atoms with Gasteiger partial charge in [0.1, 0.15) is 12.4 Å². The Kier molecular flexibility index (Phi) is 5.31. The highest BCUT2D eigenvalue weighted by molar-refractivity contribution is 9.10. The summed E-state index contributed by atoms with van der Waals surface area (Å²) in [5.74, 6) is 1.03. The SMILES string of the molecule is O=C(NCC1CNC1)c1cc(Br)ccc1OCc1ccccc1. The van der Waals surface area contributed by atoms with Crippen molar-refractivity contribution in [3.05, 3.63) is 64.1 Å². The summed E-state index contributed by atoms with van der Waals surface area (Å²) < 4.78 is 6.71. The zero-order valence-electron chi connectivity index (χ0n) is 12.7. The van der Waals surface area contributed by atoms with Gasteiger partial charge in [-0.3, -0.25) is 4.79 Å². The first-order valence-electron chi connectivity index (χ1n) is 7.67. The lowest BCUT2D eigenvalue weighted by atomic mass is 10.0. The van der Waals surface area contributed by atoms with Crippen molar-refractivity contribution in [2.45, 2.75) is 6.61 Å². The summed E-state index contributed by atoms with van der Waals surface area (Å²) in [7, 11) is 0. The molecule has 3 rings (SSSR count). The summed E-state index contributed by atoms with van der Waals surface area (Å²) in [6, 6.07) is 15.4. The molecule has 0 unspecified atom stereocenters. The van der Waals surface area contributed by atoms with Crippen LogP contribution in [0.25, 0.3) is 0 Å². The first kappa shape index (κ1) is 16.0. The normalized spacial score (nSPS) is 14.1. The molecular weight excluding hydrogens is 356 g/mol. The number of amides is 1. The molecule has 0 saturated carbocycles. The van der Waals surface area contributed by atoms with Crippen LogP contribution in [0.5, 0.6) is 5.75 Å². The van der Waals surface area contributed by atoms with Crippen molar-refractivity contribution in [1.29, 1.82) is 0 Å². The maximum atomic E-state index is 12.4. The molecule has 0 spiro atoms. The van der Waals surface area contributed by atoms with Gasteiger partial charge in [0.15, 0.2) is 0 Å². The number of rotatable bonds is 6. The third kappa shape index (κ3) is 4.33. The number of benzene rings is 2. The Balaban J connectivity index is 1.67. The fourth-order valence-electron chi connectivity index (χ4n) is 2.37. The Labute approximate surface area is 144 Å². The molecule has 1 amide bonds. The molecule has 1 aliphatic rings. The van der Waals surface area contributed by atoms with Crippen LogP contribution in [0.15, 0.2) is 53.0 Å². The molecule has 1 saturated heterocycles. The van der Waals surface area contributed by atoms with Gasteiger partial charge in [-0.1, -0.05) is 46.3 Å². The van der Waals surface area contributed by atoms with Crippen LogP contribution >= 0.6 is 15.9 Å². The molecule has 2 N–H and O–H groups in total. The lowest BCUT2D eigenvalue weighted by Gasteiger charge is -2.27. The summed E-state index contributed by atoms with van der Waals surface area (Å²) in [5, 5.41) is 6.19. The second-order valence-electron chi connectivity index (χ2n) is 5.65. The maximum absolute atomic E-state index is 12.4. The van der Waals surface area contributed by atoms with Crippen molar-refractivity contribution in [2.24, 2.45) is 5.92 Å². The molecule has 0 atom stereocenters. The van der Waals surface area contributed by atoms with Gasteiger partial charge in [-0.05, 0) is 23.8 Å². The molecule has 0 aromatic heterocycles. The summed E-state index contributed by atoms with van der Waals surface area (Å²) >= 11 is 3.42. The maximum Gasteiger partial charge on any atom is 0.255 e. The van der Waals surface area contributed by atoms with Crippen molar-refractivity contribution < 1.29 is 9.53 Å². The number of hydrogen-bond donors (Lipinski definition) is 2.